The summed E-state index contributed by atoms with van der Waals surface area (Å²) in [4.78, 5) is 6.43. The highest BCUT2D eigenvalue weighted by Gasteiger charge is 2.33. The molecule has 1 heterocycles. The van der Waals surface area contributed by atoms with E-state index in [1.165, 1.54) is 7.11 Å². The standard InChI is InChI=1S/C6H4F3N2O/c1-12-5-10-3-2-4(11-5)6(7,8)9/h3H,1H3. The first-order valence-corrected chi connectivity index (χ1v) is 2.90. The highest BCUT2D eigenvalue weighted by molar-refractivity contribution is 5.06. The molecular weight excluding hydrogens is 173 g/mol. The van der Waals surface area contributed by atoms with Crippen molar-refractivity contribution in [2.75, 3.05) is 7.11 Å². The summed E-state index contributed by atoms with van der Waals surface area (Å²) in [6, 6.07) is 1.54. The number of methoxy groups -OCH3 is 1. The largest absolute Gasteiger partial charge is 0.467 e. The molecule has 0 unspecified atom stereocenters. The van der Waals surface area contributed by atoms with Crippen LogP contribution in [0.15, 0.2) is 6.20 Å². The number of rotatable bonds is 1. The zero-order valence-corrected chi connectivity index (χ0v) is 6.01. The molecule has 3 nitrogen and oxygen atoms in total. The van der Waals surface area contributed by atoms with E-state index >= 15 is 0 Å². The number of aromatic nitrogens is 2. The molecule has 0 aromatic carbocycles. The van der Waals surface area contributed by atoms with Crippen LogP contribution in [0.5, 0.6) is 6.01 Å². The summed E-state index contributed by atoms with van der Waals surface area (Å²) in [7, 11) is 1.19. The van der Waals surface area contributed by atoms with E-state index in [-0.39, 0.29) is 6.01 Å². The number of halogens is 3. The van der Waals surface area contributed by atoms with Crippen LogP contribution in [0.1, 0.15) is 5.69 Å². The normalized spacial score (nSPS) is 11.3. The van der Waals surface area contributed by atoms with Crippen molar-refractivity contribution < 1.29 is 17.9 Å². The van der Waals surface area contributed by atoms with Crippen LogP contribution >= 0.6 is 0 Å². The van der Waals surface area contributed by atoms with E-state index in [1.807, 2.05) is 6.07 Å². The van der Waals surface area contributed by atoms with Gasteiger partial charge in [-0.05, 0) is 0 Å². The van der Waals surface area contributed by atoms with Gasteiger partial charge in [-0.2, -0.15) is 18.2 Å². The highest BCUT2D eigenvalue weighted by Crippen LogP contribution is 2.27. The molecule has 0 atom stereocenters. The molecule has 0 bridgehead atoms. The minimum atomic E-state index is -4.50. The molecular formula is C6H4F3N2O. The van der Waals surface area contributed by atoms with Gasteiger partial charge in [0, 0.05) is 12.3 Å². The average Bonchev–Trinajstić information content (AvgIpc) is 2.03. The van der Waals surface area contributed by atoms with Crippen LogP contribution in [-0.4, -0.2) is 17.1 Å². The van der Waals surface area contributed by atoms with Gasteiger partial charge in [0.25, 0.3) is 0 Å². The Morgan fingerprint density at radius 1 is 1.50 bits per heavy atom. The second kappa shape index (κ2) is 2.96. The van der Waals surface area contributed by atoms with Crippen LogP contribution in [0.3, 0.4) is 0 Å². The van der Waals surface area contributed by atoms with Crippen molar-refractivity contribution in [1.82, 2.24) is 9.97 Å². The van der Waals surface area contributed by atoms with Crippen molar-refractivity contribution in [3.05, 3.63) is 18.0 Å². The SMILES string of the molecule is COc1nc[c]c(C(F)(F)F)n1. The number of hydrogen-bond acceptors (Lipinski definition) is 3. The van der Waals surface area contributed by atoms with Crippen LogP contribution in [0.25, 0.3) is 0 Å². The molecule has 0 fully saturated rings. The highest BCUT2D eigenvalue weighted by atomic mass is 19.4. The van der Waals surface area contributed by atoms with E-state index in [2.05, 4.69) is 14.7 Å². The first kappa shape index (κ1) is 8.76. The monoisotopic (exact) mass is 177 g/mol. The third-order valence-corrected chi connectivity index (χ3v) is 1.03. The van der Waals surface area contributed by atoms with Gasteiger partial charge >= 0.3 is 12.2 Å². The first-order valence-electron chi connectivity index (χ1n) is 2.90. The number of hydrogen-bond donors (Lipinski definition) is 0. The fourth-order valence-corrected chi connectivity index (χ4v) is 0.549. The maximum Gasteiger partial charge on any atom is 0.434 e. The Morgan fingerprint density at radius 3 is 2.67 bits per heavy atom. The molecule has 0 spiro atoms. The maximum atomic E-state index is 11.9. The Bertz CT molecular complexity index is 274. The van der Waals surface area contributed by atoms with E-state index in [4.69, 9.17) is 0 Å². The fourth-order valence-electron chi connectivity index (χ4n) is 0.549. The van der Waals surface area contributed by atoms with E-state index in [0.717, 1.165) is 6.20 Å². The zero-order valence-electron chi connectivity index (χ0n) is 6.01. The molecule has 12 heavy (non-hydrogen) atoms. The molecule has 1 radical (unpaired) electrons. The molecule has 0 N–H and O–H groups in total. The third kappa shape index (κ3) is 1.84. The van der Waals surface area contributed by atoms with Crippen molar-refractivity contribution >= 4 is 0 Å². The van der Waals surface area contributed by atoms with E-state index in [1.54, 1.807) is 0 Å². The first-order chi connectivity index (χ1) is 5.54. The van der Waals surface area contributed by atoms with Gasteiger partial charge in [-0.3, -0.25) is 0 Å². The summed E-state index contributed by atoms with van der Waals surface area (Å²) in [6.07, 6.45) is -3.63. The predicted molar refractivity (Wildman–Crippen MR) is 32.4 cm³/mol. The minimum absolute atomic E-state index is 0.318. The van der Waals surface area contributed by atoms with Gasteiger partial charge in [0.05, 0.1) is 7.11 Å². The summed E-state index contributed by atoms with van der Waals surface area (Å²) >= 11 is 0. The number of ether oxygens (including phenoxy) is 1. The van der Waals surface area contributed by atoms with Crippen LogP contribution in [0.2, 0.25) is 0 Å². The predicted octanol–water partition coefficient (Wildman–Crippen LogP) is 1.30. The van der Waals surface area contributed by atoms with Gasteiger partial charge < -0.3 is 4.74 Å². The lowest BCUT2D eigenvalue weighted by molar-refractivity contribution is -0.141. The van der Waals surface area contributed by atoms with E-state index < -0.39 is 11.9 Å². The topological polar surface area (TPSA) is 35.0 Å². The lowest BCUT2D eigenvalue weighted by atomic mass is 10.4. The number of alkyl halides is 3. The van der Waals surface area contributed by atoms with Crippen molar-refractivity contribution in [2.45, 2.75) is 6.18 Å². The molecule has 0 aliphatic carbocycles. The smallest absolute Gasteiger partial charge is 0.434 e. The maximum absolute atomic E-state index is 11.9. The van der Waals surface area contributed by atoms with Crippen LogP contribution in [0.4, 0.5) is 13.2 Å². The number of nitrogens with zero attached hydrogens (tertiary/aromatic N) is 2. The summed E-state index contributed by atoms with van der Waals surface area (Å²) < 4.78 is 40.2. The zero-order chi connectivity index (χ0) is 9.19. The van der Waals surface area contributed by atoms with Gasteiger partial charge in [0.1, 0.15) is 0 Å². The molecule has 0 aliphatic rings. The average molecular weight is 177 g/mol. The van der Waals surface area contributed by atoms with Gasteiger partial charge in [0.15, 0.2) is 5.69 Å². The lowest BCUT2D eigenvalue weighted by Crippen LogP contribution is -2.09. The van der Waals surface area contributed by atoms with Crippen LogP contribution < -0.4 is 4.74 Å². The summed E-state index contributed by atoms with van der Waals surface area (Å²) in [5, 5.41) is 0. The second-order valence-corrected chi connectivity index (χ2v) is 1.85. The Labute approximate surface area is 66.2 Å². The third-order valence-electron chi connectivity index (χ3n) is 1.03. The molecule has 1 aromatic heterocycles. The Hall–Kier alpha value is -1.33. The molecule has 0 amide bonds. The second-order valence-electron chi connectivity index (χ2n) is 1.85. The van der Waals surface area contributed by atoms with Gasteiger partial charge in [-0.15, -0.1) is 0 Å². The van der Waals surface area contributed by atoms with Crippen LogP contribution in [-0.2, 0) is 6.18 Å². The van der Waals surface area contributed by atoms with Gasteiger partial charge in [-0.25, -0.2) is 4.98 Å². The van der Waals surface area contributed by atoms with Gasteiger partial charge in [-0.1, -0.05) is 0 Å². The molecule has 1 rings (SSSR count). The molecule has 6 heteroatoms. The molecule has 1 aromatic rings. The summed E-state index contributed by atoms with van der Waals surface area (Å²) in [6.45, 7) is 0. The summed E-state index contributed by atoms with van der Waals surface area (Å²) in [5.41, 5.74) is -1.13. The van der Waals surface area contributed by atoms with Crippen LogP contribution in [0, 0.1) is 6.07 Å². The molecule has 65 valence electrons. The Balaban J connectivity index is 3.02. The van der Waals surface area contributed by atoms with Crippen molar-refractivity contribution in [2.24, 2.45) is 0 Å². The van der Waals surface area contributed by atoms with E-state index in [9.17, 15) is 13.2 Å². The van der Waals surface area contributed by atoms with Gasteiger partial charge in [0.2, 0.25) is 0 Å². The minimum Gasteiger partial charge on any atom is -0.467 e. The van der Waals surface area contributed by atoms with Crippen molar-refractivity contribution in [3.63, 3.8) is 0 Å². The Morgan fingerprint density at radius 2 is 2.17 bits per heavy atom. The lowest BCUT2D eigenvalue weighted by Gasteiger charge is -2.04. The quantitative estimate of drug-likeness (QED) is 0.648. The summed E-state index contributed by atoms with van der Waals surface area (Å²) in [5.74, 6) is 0. The molecule has 0 aliphatic heterocycles. The van der Waals surface area contributed by atoms with Crippen molar-refractivity contribution in [3.8, 4) is 6.01 Å². The Kier molecular flexibility index (Phi) is 2.16. The molecule has 0 saturated heterocycles. The van der Waals surface area contributed by atoms with E-state index in [0.29, 0.717) is 0 Å². The van der Waals surface area contributed by atoms with Crippen molar-refractivity contribution in [1.29, 1.82) is 0 Å². The fraction of sp³-hybridized carbons (Fsp3) is 0.333. The molecule has 0 saturated carbocycles.